The Hall–Kier alpha value is -1.66. The van der Waals surface area contributed by atoms with Crippen molar-refractivity contribution in [2.24, 2.45) is 0 Å². The molecule has 0 bridgehead atoms. The molecule has 0 radical (unpaired) electrons. The topological polar surface area (TPSA) is 41.1 Å². The molecule has 2 amide bonds. The Morgan fingerprint density at radius 3 is 2.44 bits per heavy atom. The predicted octanol–water partition coefficient (Wildman–Crippen LogP) is 2.87. The van der Waals surface area contributed by atoms with Crippen molar-refractivity contribution >= 4 is 23.3 Å². The van der Waals surface area contributed by atoms with Gasteiger partial charge in [-0.25, -0.2) is 4.79 Å². The van der Waals surface area contributed by atoms with Gasteiger partial charge in [0, 0.05) is 10.7 Å². The molecular formula is C12H13ClN2O. The Balaban J connectivity index is 2.59. The van der Waals surface area contributed by atoms with E-state index in [2.05, 4.69) is 16.6 Å². The smallest absolute Gasteiger partial charge is 0.320 e. The monoisotopic (exact) mass is 236 g/mol. The van der Waals surface area contributed by atoms with Gasteiger partial charge in [0.25, 0.3) is 0 Å². The number of nitrogens with one attached hydrogen (secondary N) is 2. The minimum Gasteiger partial charge on any atom is -0.322 e. The number of rotatable bonds is 2. The van der Waals surface area contributed by atoms with Crippen LogP contribution in [0.1, 0.15) is 13.8 Å². The van der Waals surface area contributed by atoms with Crippen LogP contribution in [-0.2, 0) is 0 Å². The summed E-state index contributed by atoms with van der Waals surface area (Å²) >= 11 is 5.72. The highest BCUT2D eigenvalue weighted by molar-refractivity contribution is 6.30. The van der Waals surface area contributed by atoms with Crippen molar-refractivity contribution in [1.29, 1.82) is 0 Å². The summed E-state index contributed by atoms with van der Waals surface area (Å²) in [6, 6.07) is 6.48. The van der Waals surface area contributed by atoms with Gasteiger partial charge in [-0.1, -0.05) is 17.5 Å². The standard InChI is InChI=1S/C12H13ClN2O/c1-4-12(2,3)15-11(16)14-10-7-5-9(13)6-8-10/h1,5-8H,2-3H3,(H2,14,15,16). The lowest BCUT2D eigenvalue weighted by molar-refractivity contribution is 0.247. The minimum atomic E-state index is -0.670. The van der Waals surface area contributed by atoms with Crippen molar-refractivity contribution in [1.82, 2.24) is 5.32 Å². The third-order valence-corrected chi connectivity index (χ3v) is 2.14. The molecule has 1 aromatic carbocycles. The molecule has 0 aliphatic carbocycles. The second-order valence-electron chi connectivity index (χ2n) is 3.86. The summed E-state index contributed by atoms with van der Waals surface area (Å²) < 4.78 is 0. The van der Waals surface area contributed by atoms with Crippen LogP contribution in [0.5, 0.6) is 0 Å². The molecular weight excluding hydrogens is 224 g/mol. The van der Waals surface area contributed by atoms with E-state index in [9.17, 15) is 4.79 Å². The molecule has 0 saturated heterocycles. The molecule has 2 N–H and O–H groups in total. The van der Waals surface area contributed by atoms with Crippen LogP contribution in [0.4, 0.5) is 10.5 Å². The highest BCUT2D eigenvalue weighted by atomic mass is 35.5. The predicted molar refractivity (Wildman–Crippen MR) is 66.5 cm³/mol. The Morgan fingerprint density at radius 1 is 1.38 bits per heavy atom. The van der Waals surface area contributed by atoms with E-state index in [1.54, 1.807) is 38.1 Å². The molecule has 0 unspecified atom stereocenters. The molecule has 0 fully saturated rings. The van der Waals surface area contributed by atoms with Crippen LogP contribution in [-0.4, -0.2) is 11.6 Å². The summed E-state index contributed by atoms with van der Waals surface area (Å²) in [7, 11) is 0. The summed E-state index contributed by atoms with van der Waals surface area (Å²) in [6.45, 7) is 3.49. The van der Waals surface area contributed by atoms with Gasteiger partial charge in [-0.15, -0.1) is 6.42 Å². The fourth-order valence-electron chi connectivity index (χ4n) is 1.02. The maximum absolute atomic E-state index is 11.5. The van der Waals surface area contributed by atoms with Gasteiger partial charge in [0.05, 0.1) is 5.54 Å². The maximum Gasteiger partial charge on any atom is 0.320 e. The number of terminal acetylenes is 1. The van der Waals surface area contributed by atoms with E-state index in [1.807, 2.05) is 0 Å². The van der Waals surface area contributed by atoms with Crippen molar-refractivity contribution < 1.29 is 4.79 Å². The van der Waals surface area contributed by atoms with E-state index in [1.165, 1.54) is 0 Å². The van der Waals surface area contributed by atoms with Gasteiger partial charge < -0.3 is 10.6 Å². The number of anilines is 1. The van der Waals surface area contributed by atoms with Gasteiger partial charge in [-0.05, 0) is 38.1 Å². The van der Waals surface area contributed by atoms with E-state index in [4.69, 9.17) is 18.0 Å². The zero-order valence-electron chi connectivity index (χ0n) is 9.17. The van der Waals surface area contributed by atoms with E-state index in [0.717, 1.165) is 0 Å². The van der Waals surface area contributed by atoms with Gasteiger partial charge in [0.2, 0.25) is 0 Å². The molecule has 3 nitrogen and oxygen atoms in total. The first-order valence-corrected chi connectivity index (χ1v) is 5.13. The van der Waals surface area contributed by atoms with Gasteiger partial charge in [0.15, 0.2) is 0 Å². The fraction of sp³-hybridized carbons (Fsp3) is 0.250. The summed E-state index contributed by atoms with van der Waals surface area (Å²) in [6.07, 6.45) is 5.26. The molecule has 1 rings (SSSR count). The van der Waals surface area contributed by atoms with Crippen LogP contribution >= 0.6 is 11.6 Å². The van der Waals surface area contributed by atoms with E-state index in [-0.39, 0.29) is 6.03 Å². The Morgan fingerprint density at radius 2 is 1.94 bits per heavy atom. The number of hydrogen-bond donors (Lipinski definition) is 2. The summed E-state index contributed by atoms with van der Waals surface area (Å²) in [5.41, 5.74) is -0.00835. The van der Waals surface area contributed by atoms with Gasteiger partial charge in [-0.2, -0.15) is 0 Å². The second kappa shape index (κ2) is 4.91. The molecule has 1 aromatic rings. The SMILES string of the molecule is C#CC(C)(C)NC(=O)Nc1ccc(Cl)cc1. The molecule has 84 valence electrons. The first-order chi connectivity index (χ1) is 7.43. The van der Waals surface area contributed by atoms with Gasteiger partial charge in [0.1, 0.15) is 0 Å². The highest BCUT2D eigenvalue weighted by Gasteiger charge is 2.16. The normalized spacial score (nSPS) is 10.4. The van der Waals surface area contributed by atoms with Crippen LogP contribution in [0.15, 0.2) is 24.3 Å². The lowest BCUT2D eigenvalue weighted by atomic mass is 10.1. The van der Waals surface area contributed by atoms with Crippen molar-refractivity contribution in [3.63, 3.8) is 0 Å². The quantitative estimate of drug-likeness (QED) is 0.762. The molecule has 16 heavy (non-hydrogen) atoms. The van der Waals surface area contributed by atoms with Crippen molar-refractivity contribution in [2.75, 3.05) is 5.32 Å². The minimum absolute atomic E-state index is 0.342. The van der Waals surface area contributed by atoms with Gasteiger partial charge in [-0.3, -0.25) is 0 Å². The Bertz CT molecular complexity index is 418. The van der Waals surface area contributed by atoms with Crippen LogP contribution in [0.2, 0.25) is 5.02 Å². The molecule has 0 aliphatic heterocycles. The van der Waals surface area contributed by atoms with E-state index >= 15 is 0 Å². The van der Waals surface area contributed by atoms with Crippen molar-refractivity contribution in [2.45, 2.75) is 19.4 Å². The number of urea groups is 1. The molecule has 4 heteroatoms. The van der Waals surface area contributed by atoms with Crippen molar-refractivity contribution in [3.8, 4) is 12.3 Å². The summed E-state index contributed by atoms with van der Waals surface area (Å²) in [5, 5.41) is 5.93. The number of amides is 2. The number of carbonyl (C=O) groups is 1. The molecule has 0 saturated carbocycles. The highest BCUT2D eigenvalue weighted by Crippen LogP contribution is 2.13. The molecule has 0 aliphatic rings. The second-order valence-corrected chi connectivity index (χ2v) is 4.29. The zero-order valence-corrected chi connectivity index (χ0v) is 9.93. The first-order valence-electron chi connectivity index (χ1n) is 4.75. The number of hydrogen-bond acceptors (Lipinski definition) is 1. The third kappa shape index (κ3) is 3.84. The van der Waals surface area contributed by atoms with Crippen LogP contribution < -0.4 is 10.6 Å². The Labute approximate surface area is 100 Å². The van der Waals surface area contributed by atoms with E-state index in [0.29, 0.717) is 10.7 Å². The lowest BCUT2D eigenvalue weighted by Crippen LogP contribution is -2.44. The largest absolute Gasteiger partial charge is 0.322 e. The van der Waals surface area contributed by atoms with Crippen molar-refractivity contribution in [3.05, 3.63) is 29.3 Å². The number of benzene rings is 1. The van der Waals surface area contributed by atoms with Gasteiger partial charge >= 0.3 is 6.03 Å². The number of carbonyl (C=O) groups excluding carboxylic acids is 1. The van der Waals surface area contributed by atoms with Crippen LogP contribution in [0.25, 0.3) is 0 Å². The number of halogens is 1. The maximum atomic E-state index is 11.5. The average molecular weight is 237 g/mol. The molecule has 0 aromatic heterocycles. The summed E-state index contributed by atoms with van der Waals surface area (Å²) in [4.78, 5) is 11.5. The Kier molecular flexibility index (Phi) is 3.81. The fourth-order valence-corrected chi connectivity index (χ4v) is 1.14. The summed E-state index contributed by atoms with van der Waals surface area (Å²) in [5.74, 6) is 2.47. The zero-order chi connectivity index (χ0) is 12.2. The molecule has 0 atom stereocenters. The molecule has 0 spiro atoms. The van der Waals surface area contributed by atoms with E-state index < -0.39 is 5.54 Å². The lowest BCUT2D eigenvalue weighted by Gasteiger charge is -2.19. The average Bonchev–Trinajstić information content (AvgIpc) is 2.21. The molecule has 0 heterocycles. The third-order valence-electron chi connectivity index (χ3n) is 1.89. The first kappa shape index (κ1) is 12.4. The van der Waals surface area contributed by atoms with Crippen LogP contribution in [0, 0.1) is 12.3 Å². The van der Waals surface area contributed by atoms with Crippen LogP contribution in [0.3, 0.4) is 0 Å².